The molecule has 2 aromatic carbocycles. The van der Waals surface area contributed by atoms with Gasteiger partial charge in [0.1, 0.15) is 11.5 Å². The van der Waals surface area contributed by atoms with Crippen molar-refractivity contribution in [1.82, 2.24) is 9.62 Å². The predicted octanol–water partition coefficient (Wildman–Crippen LogP) is 3.76. The number of methoxy groups -OCH3 is 2. The van der Waals surface area contributed by atoms with Gasteiger partial charge in [-0.1, -0.05) is 31.0 Å². The highest BCUT2D eigenvalue weighted by atomic mass is 32.2. The number of nitrogens with zero attached hydrogens (tertiary/aromatic N) is 1. The summed E-state index contributed by atoms with van der Waals surface area (Å²) in [5.41, 5.74) is 1.01. The van der Waals surface area contributed by atoms with Crippen LogP contribution in [-0.4, -0.2) is 45.9 Å². The third kappa shape index (κ3) is 5.19. The van der Waals surface area contributed by atoms with Crippen molar-refractivity contribution in [3.8, 4) is 11.5 Å². The smallest absolute Gasteiger partial charge is 0.255 e. The van der Waals surface area contributed by atoms with Gasteiger partial charge in [0.2, 0.25) is 10.0 Å². The van der Waals surface area contributed by atoms with E-state index in [-0.39, 0.29) is 16.5 Å². The second kappa shape index (κ2) is 10.2. The molecule has 1 saturated heterocycles. The number of carbonyl (C=O) groups excluding carboxylic acids is 1. The van der Waals surface area contributed by atoms with Crippen LogP contribution in [0.1, 0.15) is 54.6 Å². The zero-order valence-electron chi connectivity index (χ0n) is 18.3. The molecule has 1 heterocycles. The summed E-state index contributed by atoms with van der Waals surface area (Å²) < 4.78 is 38.6. The fourth-order valence-electron chi connectivity index (χ4n) is 3.83. The van der Waals surface area contributed by atoms with Crippen molar-refractivity contribution in [3.63, 3.8) is 0 Å². The third-order valence-electron chi connectivity index (χ3n) is 5.57. The molecule has 0 aliphatic carbocycles. The van der Waals surface area contributed by atoms with Gasteiger partial charge in [-0.15, -0.1) is 0 Å². The molecule has 31 heavy (non-hydrogen) atoms. The molecule has 7 nitrogen and oxygen atoms in total. The lowest BCUT2D eigenvalue weighted by molar-refractivity contribution is 0.0936. The van der Waals surface area contributed by atoms with Gasteiger partial charge in [0.05, 0.1) is 30.7 Å². The highest BCUT2D eigenvalue weighted by molar-refractivity contribution is 7.89. The van der Waals surface area contributed by atoms with Gasteiger partial charge < -0.3 is 14.8 Å². The van der Waals surface area contributed by atoms with E-state index in [0.717, 1.165) is 31.2 Å². The minimum Gasteiger partial charge on any atom is -0.496 e. The summed E-state index contributed by atoms with van der Waals surface area (Å²) in [7, 11) is -0.646. The van der Waals surface area contributed by atoms with Crippen LogP contribution in [-0.2, 0) is 10.0 Å². The fraction of sp³-hybridized carbons (Fsp3) is 0.435. The van der Waals surface area contributed by atoms with Gasteiger partial charge in [-0.25, -0.2) is 8.42 Å². The summed E-state index contributed by atoms with van der Waals surface area (Å²) in [6.45, 7) is 2.85. The van der Waals surface area contributed by atoms with E-state index in [1.54, 1.807) is 7.11 Å². The lowest BCUT2D eigenvalue weighted by atomic mass is 10.1. The molecule has 1 aliphatic rings. The third-order valence-corrected chi connectivity index (χ3v) is 7.47. The molecular weight excluding hydrogens is 416 g/mol. The molecule has 0 bridgehead atoms. The molecule has 168 valence electrons. The first-order valence-corrected chi connectivity index (χ1v) is 11.9. The van der Waals surface area contributed by atoms with Gasteiger partial charge >= 0.3 is 0 Å². The van der Waals surface area contributed by atoms with Crippen molar-refractivity contribution in [1.29, 1.82) is 0 Å². The molecule has 1 aliphatic heterocycles. The number of sulfonamides is 1. The molecule has 1 N–H and O–H groups in total. The lowest BCUT2D eigenvalue weighted by Crippen LogP contribution is -2.32. The number of carbonyl (C=O) groups is 1. The number of nitrogens with one attached hydrogen (secondary N) is 1. The number of hydrogen-bond acceptors (Lipinski definition) is 5. The van der Waals surface area contributed by atoms with E-state index in [0.29, 0.717) is 24.6 Å². The molecule has 3 rings (SSSR count). The maximum Gasteiger partial charge on any atom is 0.255 e. The maximum absolute atomic E-state index is 13.2. The van der Waals surface area contributed by atoms with Gasteiger partial charge in [0.15, 0.2) is 0 Å². The Bertz CT molecular complexity index is 1010. The Morgan fingerprint density at radius 2 is 1.61 bits per heavy atom. The highest BCUT2D eigenvalue weighted by Gasteiger charge is 2.27. The number of hydrogen-bond donors (Lipinski definition) is 1. The molecule has 1 fully saturated rings. The molecule has 0 radical (unpaired) electrons. The Labute approximate surface area is 184 Å². The minimum absolute atomic E-state index is 0.102. The van der Waals surface area contributed by atoms with Gasteiger partial charge in [-0.3, -0.25) is 4.79 Å². The Kier molecular flexibility index (Phi) is 7.56. The van der Waals surface area contributed by atoms with Crippen LogP contribution >= 0.6 is 0 Å². The van der Waals surface area contributed by atoms with Crippen LogP contribution in [0.4, 0.5) is 0 Å². The minimum atomic E-state index is -3.68. The SMILES string of the molecule is COc1ccc(S(=O)(=O)N2CCCCCC2)cc1C(=O)N[C@@H](C)c1ccccc1OC. The number of benzene rings is 2. The predicted molar refractivity (Wildman–Crippen MR) is 119 cm³/mol. The second-order valence-electron chi connectivity index (χ2n) is 7.62. The average Bonchev–Trinajstić information content (AvgIpc) is 3.08. The molecule has 8 heteroatoms. The summed E-state index contributed by atoms with van der Waals surface area (Å²) in [4.78, 5) is 13.2. The number of para-hydroxylation sites is 1. The molecular formula is C23H30N2O5S. The summed E-state index contributed by atoms with van der Waals surface area (Å²) >= 11 is 0. The lowest BCUT2D eigenvalue weighted by Gasteiger charge is -2.21. The normalized spacial score (nSPS) is 16.2. The number of ether oxygens (including phenoxy) is 2. The number of rotatable bonds is 7. The first-order valence-electron chi connectivity index (χ1n) is 10.5. The van der Waals surface area contributed by atoms with E-state index in [1.807, 2.05) is 31.2 Å². The first kappa shape index (κ1) is 23.1. The fourth-order valence-corrected chi connectivity index (χ4v) is 5.38. The monoisotopic (exact) mass is 446 g/mol. The zero-order valence-corrected chi connectivity index (χ0v) is 19.1. The maximum atomic E-state index is 13.2. The second-order valence-corrected chi connectivity index (χ2v) is 9.56. The van der Waals surface area contributed by atoms with E-state index in [9.17, 15) is 13.2 Å². The molecule has 0 unspecified atom stereocenters. The van der Waals surface area contributed by atoms with Crippen LogP contribution in [0.15, 0.2) is 47.4 Å². The largest absolute Gasteiger partial charge is 0.496 e. The van der Waals surface area contributed by atoms with Crippen molar-refractivity contribution < 1.29 is 22.7 Å². The summed E-state index contributed by atoms with van der Waals surface area (Å²) in [5.74, 6) is 0.572. The van der Waals surface area contributed by atoms with Gasteiger partial charge in [0, 0.05) is 18.7 Å². The van der Waals surface area contributed by atoms with Gasteiger partial charge in [-0.05, 0) is 44.0 Å². The average molecular weight is 447 g/mol. The van der Waals surface area contributed by atoms with Crippen LogP contribution in [0.2, 0.25) is 0 Å². The molecule has 2 aromatic rings. The van der Waals surface area contributed by atoms with Crippen LogP contribution in [0.25, 0.3) is 0 Å². The molecule has 0 saturated carbocycles. The van der Waals surface area contributed by atoms with Crippen molar-refractivity contribution in [2.24, 2.45) is 0 Å². The van der Waals surface area contributed by atoms with E-state index in [4.69, 9.17) is 9.47 Å². The van der Waals surface area contributed by atoms with E-state index < -0.39 is 15.9 Å². The number of amides is 1. The van der Waals surface area contributed by atoms with E-state index in [1.165, 1.54) is 29.6 Å². The Morgan fingerprint density at radius 1 is 0.968 bits per heavy atom. The summed E-state index contributed by atoms with van der Waals surface area (Å²) in [6.07, 6.45) is 3.75. The molecule has 1 atom stereocenters. The van der Waals surface area contributed by atoms with Crippen molar-refractivity contribution in [3.05, 3.63) is 53.6 Å². The Hall–Kier alpha value is -2.58. The molecule has 1 amide bonds. The van der Waals surface area contributed by atoms with E-state index >= 15 is 0 Å². The van der Waals surface area contributed by atoms with Crippen LogP contribution in [0, 0.1) is 0 Å². The Morgan fingerprint density at radius 3 is 2.26 bits per heavy atom. The highest BCUT2D eigenvalue weighted by Crippen LogP contribution is 2.28. The topological polar surface area (TPSA) is 84.9 Å². The quantitative estimate of drug-likeness (QED) is 0.700. The van der Waals surface area contributed by atoms with Crippen LogP contribution in [0.5, 0.6) is 11.5 Å². The van der Waals surface area contributed by atoms with Gasteiger partial charge in [0.25, 0.3) is 5.91 Å². The standard InChI is InChI=1S/C23H30N2O5S/c1-17(19-10-6-7-11-21(19)29-2)24-23(26)20-16-18(12-13-22(20)30-3)31(27,28)25-14-8-4-5-9-15-25/h6-7,10-13,16-17H,4-5,8-9,14-15H2,1-3H3,(H,24,26)/t17-/m0/s1. The van der Waals surface area contributed by atoms with Gasteiger partial charge in [-0.2, -0.15) is 4.31 Å². The van der Waals surface area contributed by atoms with Crippen molar-refractivity contribution in [2.75, 3.05) is 27.3 Å². The van der Waals surface area contributed by atoms with E-state index in [2.05, 4.69) is 5.32 Å². The Balaban J connectivity index is 1.88. The van der Waals surface area contributed by atoms with Crippen molar-refractivity contribution >= 4 is 15.9 Å². The summed E-state index contributed by atoms with van der Waals surface area (Å²) in [6, 6.07) is 11.5. The van der Waals surface area contributed by atoms with Crippen LogP contribution in [0.3, 0.4) is 0 Å². The van der Waals surface area contributed by atoms with Crippen LogP contribution < -0.4 is 14.8 Å². The summed E-state index contributed by atoms with van der Waals surface area (Å²) in [5, 5.41) is 2.92. The first-order chi connectivity index (χ1) is 14.9. The molecule has 0 spiro atoms. The zero-order chi connectivity index (χ0) is 22.4. The molecule has 0 aromatic heterocycles. The van der Waals surface area contributed by atoms with Crippen molar-refractivity contribution in [2.45, 2.75) is 43.5 Å².